The second-order valence-electron chi connectivity index (χ2n) is 6.08. The molecule has 0 saturated carbocycles. The number of hydrogen-bond donors (Lipinski definition) is 2. The predicted molar refractivity (Wildman–Crippen MR) is 91.1 cm³/mol. The molecular weight excluding hydrogens is 325 g/mol. The van der Waals surface area contributed by atoms with Gasteiger partial charge in [-0.2, -0.15) is 0 Å². The van der Waals surface area contributed by atoms with Crippen LogP contribution in [0.4, 0.5) is 10.2 Å². The number of aromatic nitrogens is 1. The fourth-order valence-electron chi connectivity index (χ4n) is 3.19. The molecule has 0 aliphatic carbocycles. The minimum absolute atomic E-state index is 0.0250. The number of carbonyl (C=O) groups excluding carboxylic acids is 1. The van der Waals surface area contributed by atoms with Gasteiger partial charge in [0, 0.05) is 37.0 Å². The Balaban J connectivity index is 1.70. The summed E-state index contributed by atoms with van der Waals surface area (Å²) in [5.74, 6) is 0.0280. The topological polar surface area (TPSA) is 88.7 Å². The van der Waals surface area contributed by atoms with Gasteiger partial charge in [-0.25, -0.2) is 9.37 Å². The molecule has 6 nitrogen and oxygen atoms in total. The van der Waals surface area contributed by atoms with Gasteiger partial charge in [0.2, 0.25) is 0 Å². The molecule has 25 heavy (non-hydrogen) atoms. The van der Waals surface area contributed by atoms with Crippen molar-refractivity contribution in [3.8, 4) is 11.5 Å². The van der Waals surface area contributed by atoms with E-state index in [-0.39, 0.29) is 23.1 Å². The SMILES string of the molecule is COc1cc(N)ncc1C1CCN(C(=O)c2ccc(O)cc2F)CC1. The van der Waals surface area contributed by atoms with Crippen LogP contribution in [-0.2, 0) is 0 Å². The van der Waals surface area contributed by atoms with Crippen LogP contribution < -0.4 is 10.5 Å². The van der Waals surface area contributed by atoms with Gasteiger partial charge >= 0.3 is 0 Å². The van der Waals surface area contributed by atoms with Crippen LogP contribution in [0.1, 0.15) is 34.7 Å². The summed E-state index contributed by atoms with van der Waals surface area (Å²) in [6.07, 6.45) is 3.18. The number of phenolic OH excluding ortho intramolecular Hbond substituents is 1. The molecule has 0 radical (unpaired) electrons. The second kappa shape index (κ2) is 6.96. The zero-order valence-corrected chi connectivity index (χ0v) is 13.9. The summed E-state index contributed by atoms with van der Waals surface area (Å²) >= 11 is 0. The first-order chi connectivity index (χ1) is 12.0. The molecule has 1 saturated heterocycles. The fourth-order valence-corrected chi connectivity index (χ4v) is 3.19. The second-order valence-corrected chi connectivity index (χ2v) is 6.08. The van der Waals surface area contributed by atoms with Crippen LogP contribution in [0.2, 0.25) is 0 Å². The summed E-state index contributed by atoms with van der Waals surface area (Å²) in [5, 5.41) is 9.27. The number of pyridine rings is 1. The maximum absolute atomic E-state index is 13.9. The average molecular weight is 345 g/mol. The predicted octanol–water partition coefficient (Wildman–Crippen LogP) is 2.54. The smallest absolute Gasteiger partial charge is 0.256 e. The molecule has 2 heterocycles. The lowest BCUT2D eigenvalue weighted by molar-refractivity contribution is 0.0707. The highest BCUT2D eigenvalue weighted by Gasteiger charge is 2.27. The van der Waals surface area contributed by atoms with Crippen LogP contribution in [-0.4, -0.2) is 41.1 Å². The van der Waals surface area contributed by atoms with E-state index in [0.717, 1.165) is 24.5 Å². The van der Waals surface area contributed by atoms with E-state index in [4.69, 9.17) is 10.5 Å². The van der Waals surface area contributed by atoms with Gasteiger partial charge in [-0.15, -0.1) is 0 Å². The number of nitrogen functional groups attached to an aromatic ring is 1. The number of methoxy groups -OCH3 is 1. The molecular formula is C18H20FN3O3. The fraction of sp³-hybridized carbons (Fsp3) is 0.333. The highest BCUT2D eigenvalue weighted by Crippen LogP contribution is 2.35. The van der Waals surface area contributed by atoms with Crippen molar-refractivity contribution >= 4 is 11.7 Å². The number of phenols is 1. The van der Waals surface area contributed by atoms with E-state index in [0.29, 0.717) is 24.7 Å². The van der Waals surface area contributed by atoms with Crippen LogP contribution in [0.3, 0.4) is 0 Å². The summed E-state index contributed by atoms with van der Waals surface area (Å²) in [6, 6.07) is 5.27. The molecule has 2 aromatic rings. The Labute approximate surface area is 145 Å². The Kier molecular flexibility index (Phi) is 4.74. The first-order valence-corrected chi connectivity index (χ1v) is 8.06. The number of likely N-dealkylation sites (tertiary alicyclic amines) is 1. The van der Waals surface area contributed by atoms with Crippen molar-refractivity contribution in [3.05, 3.63) is 47.4 Å². The van der Waals surface area contributed by atoms with Gasteiger partial charge < -0.3 is 20.5 Å². The summed E-state index contributed by atoms with van der Waals surface area (Å²) in [6.45, 7) is 1.02. The number of aromatic hydroxyl groups is 1. The lowest BCUT2D eigenvalue weighted by Crippen LogP contribution is -2.38. The zero-order chi connectivity index (χ0) is 18.0. The molecule has 7 heteroatoms. The summed E-state index contributed by atoms with van der Waals surface area (Å²) in [5.41, 5.74) is 6.63. The molecule has 3 rings (SSSR count). The Morgan fingerprint density at radius 2 is 2.08 bits per heavy atom. The van der Waals surface area contributed by atoms with Crippen molar-refractivity contribution in [2.75, 3.05) is 25.9 Å². The van der Waals surface area contributed by atoms with Crippen molar-refractivity contribution in [3.63, 3.8) is 0 Å². The number of piperidine rings is 1. The van der Waals surface area contributed by atoms with Crippen molar-refractivity contribution in [1.82, 2.24) is 9.88 Å². The number of nitrogens with two attached hydrogens (primary N) is 1. The molecule has 1 aliphatic heterocycles. The molecule has 1 aromatic heterocycles. The highest BCUT2D eigenvalue weighted by molar-refractivity contribution is 5.94. The van der Waals surface area contributed by atoms with E-state index in [1.54, 1.807) is 24.3 Å². The van der Waals surface area contributed by atoms with Crippen LogP contribution in [0.5, 0.6) is 11.5 Å². The summed E-state index contributed by atoms with van der Waals surface area (Å²) in [7, 11) is 1.59. The number of anilines is 1. The molecule has 0 spiro atoms. The molecule has 1 fully saturated rings. The Bertz CT molecular complexity index is 789. The molecule has 1 amide bonds. The number of ether oxygens (including phenoxy) is 1. The monoisotopic (exact) mass is 345 g/mol. The van der Waals surface area contributed by atoms with Gasteiger partial charge in [0.05, 0.1) is 12.7 Å². The Morgan fingerprint density at radius 3 is 2.72 bits per heavy atom. The average Bonchev–Trinajstić information content (AvgIpc) is 2.61. The van der Waals surface area contributed by atoms with Gasteiger partial charge in [0.1, 0.15) is 23.1 Å². The number of halogens is 1. The summed E-state index contributed by atoms with van der Waals surface area (Å²) in [4.78, 5) is 18.3. The maximum Gasteiger partial charge on any atom is 0.256 e. The molecule has 0 unspecified atom stereocenters. The van der Waals surface area contributed by atoms with Gasteiger partial charge in [0.25, 0.3) is 5.91 Å². The minimum Gasteiger partial charge on any atom is -0.508 e. The zero-order valence-electron chi connectivity index (χ0n) is 13.9. The van der Waals surface area contributed by atoms with Crippen molar-refractivity contribution in [1.29, 1.82) is 0 Å². The van der Waals surface area contributed by atoms with Crippen LogP contribution in [0, 0.1) is 5.82 Å². The van der Waals surface area contributed by atoms with Gasteiger partial charge in [-0.3, -0.25) is 4.79 Å². The quantitative estimate of drug-likeness (QED) is 0.892. The van der Waals surface area contributed by atoms with E-state index in [9.17, 15) is 14.3 Å². The van der Waals surface area contributed by atoms with E-state index in [1.807, 2.05) is 0 Å². The van der Waals surface area contributed by atoms with E-state index >= 15 is 0 Å². The van der Waals surface area contributed by atoms with Crippen LogP contribution in [0.25, 0.3) is 0 Å². The van der Waals surface area contributed by atoms with Gasteiger partial charge in [-0.1, -0.05) is 0 Å². The van der Waals surface area contributed by atoms with E-state index in [2.05, 4.69) is 4.98 Å². The maximum atomic E-state index is 13.9. The third-order valence-corrected chi connectivity index (χ3v) is 4.54. The van der Waals surface area contributed by atoms with Crippen molar-refractivity contribution in [2.45, 2.75) is 18.8 Å². The minimum atomic E-state index is -0.712. The number of benzene rings is 1. The van der Waals surface area contributed by atoms with Gasteiger partial charge in [0.15, 0.2) is 0 Å². The molecule has 0 bridgehead atoms. The normalized spacial score (nSPS) is 15.2. The lowest BCUT2D eigenvalue weighted by atomic mass is 9.89. The third-order valence-electron chi connectivity index (χ3n) is 4.54. The van der Waals surface area contributed by atoms with E-state index < -0.39 is 5.82 Å². The number of carbonyl (C=O) groups is 1. The number of hydrogen-bond acceptors (Lipinski definition) is 5. The van der Waals surface area contributed by atoms with Crippen LogP contribution >= 0.6 is 0 Å². The highest BCUT2D eigenvalue weighted by atomic mass is 19.1. The van der Waals surface area contributed by atoms with Gasteiger partial charge in [-0.05, 0) is 30.9 Å². The third kappa shape index (κ3) is 3.50. The standard InChI is InChI=1S/C18H20FN3O3/c1-25-16-9-17(20)21-10-14(16)11-4-6-22(7-5-11)18(24)13-3-2-12(23)8-15(13)19/h2-3,8-11,23H,4-7H2,1H3,(H2,20,21). The summed E-state index contributed by atoms with van der Waals surface area (Å²) < 4.78 is 19.3. The van der Waals surface area contributed by atoms with Crippen molar-refractivity contribution < 1.29 is 19.0 Å². The first kappa shape index (κ1) is 17.0. The molecule has 1 aliphatic rings. The molecule has 1 aromatic carbocycles. The van der Waals surface area contributed by atoms with Crippen LogP contribution in [0.15, 0.2) is 30.5 Å². The molecule has 132 valence electrons. The Morgan fingerprint density at radius 1 is 1.36 bits per heavy atom. The Hall–Kier alpha value is -2.83. The largest absolute Gasteiger partial charge is 0.508 e. The van der Waals surface area contributed by atoms with Crippen molar-refractivity contribution in [2.24, 2.45) is 0 Å². The number of amides is 1. The number of nitrogens with zero attached hydrogens (tertiary/aromatic N) is 2. The van der Waals surface area contributed by atoms with E-state index in [1.165, 1.54) is 12.1 Å². The molecule has 3 N–H and O–H groups in total. The first-order valence-electron chi connectivity index (χ1n) is 8.06. The molecule has 0 atom stereocenters. The number of rotatable bonds is 3. The lowest BCUT2D eigenvalue weighted by Gasteiger charge is -2.32.